The topological polar surface area (TPSA) is 129 Å². The van der Waals surface area contributed by atoms with Crippen molar-refractivity contribution in [2.75, 3.05) is 12.4 Å². The van der Waals surface area contributed by atoms with E-state index in [0.717, 1.165) is 6.08 Å². The summed E-state index contributed by atoms with van der Waals surface area (Å²) in [6.45, 7) is 0. The summed E-state index contributed by atoms with van der Waals surface area (Å²) in [5.74, 6) is -1.15. The minimum atomic E-state index is -1.17. The van der Waals surface area contributed by atoms with Crippen molar-refractivity contribution in [2.45, 2.75) is 12.2 Å². The number of ether oxygens (including phenoxy) is 2. The van der Waals surface area contributed by atoms with Crippen LogP contribution in [0.2, 0.25) is 0 Å². The van der Waals surface area contributed by atoms with Gasteiger partial charge in [-0.3, -0.25) is 5.32 Å². The third-order valence-corrected chi connectivity index (χ3v) is 3.72. The summed E-state index contributed by atoms with van der Waals surface area (Å²) in [7, 11) is 1.35. The van der Waals surface area contributed by atoms with Gasteiger partial charge in [-0.1, -0.05) is 12.1 Å². The SMILES string of the molecule is CO[C@H](/C=C/C(=O)O)[C@H](OC(=O)Nc1ccc(C#N)cc1)c1ccc(O)cc1. The van der Waals surface area contributed by atoms with Crippen molar-refractivity contribution in [3.05, 3.63) is 71.8 Å². The standard InChI is InChI=1S/C20H18N2O6/c1-27-17(10-11-18(24)25)19(14-4-8-16(23)9-5-14)28-20(26)22-15-6-2-13(12-21)3-7-15/h2-11,17,19,23H,1H3,(H,22,26)(H,24,25)/b11-10+/t17-,19-/m1/s1. The van der Waals surface area contributed by atoms with Gasteiger partial charge in [-0.05, 0) is 48.0 Å². The molecule has 0 saturated carbocycles. The van der Waals surface area contributed by atoms with Gasteiger partial charge in [0.25, 0.3) is 0 Å². The molecule has 2 rings (SSSR count). The molecule has 0 fully saturated rings. The second-order valence-corrected chi connectivity index (χ2v) is 5.63. The summed E-state index contributed by atoms with van der Waals surface area (Å²) in [6, 6.07) is 14.1. The van der Waals surface area contributed by atoms with E-state index in [1.807, 2.05) is 6.07 Å². The van der Waals surface area contributed by atoms with Gasteiger partial charge in [0.15, 0.2) is 6.10 Å². The molecule has 0 unspecified atom stereocenters. The molecule has 0 heterocycles. The van der Waals surface area contributed by atoms with E-state index in [-0.39, 0.29) is 5.75 Å². The Morgan fingerprint density at radius 2 is 1.79 bits per heavy atom. The first-order chi connectivity index (χ1) is 13.4. The summed E-state index contributed by atoms with van der Waals surface area (Å²) in [5, 5.41) is 29.7. The Morgan fingerprint density at radius 3 is 2.32 bits per heavy atom. The van der Waals surface area contributed by atoms with Crippen molar-refractivity contribution in [2.24, 2.45) is 0 Å². The molecule has 0 aliphatic heterocycles. The van der Waals surface area contributed by atoms with Crippen molar-refractivity contribution >= 4 is 17.7 Å². The molecule has 0 aromatic heterocycles. The van der Waals surface area contributed by atoms with Crippen LogP contribution < -0.4 is 5.32 Å². The number of amides is 1. The molecule has 144 valence electrons. The highest BCUT2D eigenvalue weighted by Crippen LogP contribution is 2.27. The van der Waals surface area contributed by atoms with E-state index in [1.165, 1.54) is 37.5 Å². The minimum absolute atomic E-state index is 0.0274. The fraction of sp³-hybridized carbons (Fsp3) is 0.150. The number of nitrogens with one attached hydrogen (secondary N) is 1. The normalized spacial score (nSPS) is 12.7. The average molecular weight is 382 g/mol. The number of carbonyl (C=O) groups excluding carboxylic acids is 1. The number of nitrogens with zero attached hydrogens (tertiary/aromatic N) is 1. The Bertz CT molecular complexity index is 884. The summed E-state index contributed by atoms with van der Waals surface area (Å²) in [6.07, 6.45) is -0.501. The molecule has 0 aliphatic carbocycles. The van der Waals surface area contributed by atoms with E-state index in [0.29, 0.717) is 16.8 Å². The van der Waals surface area contributed by atoms with Gasteiger partial charge in [0.2, 0.25) is 0 Å². The second kappa shape index (κ2) is 9.75. The van der Waals surface area contributed by atoms with Crippen molar-refractivity contribution in [3.63, 3.8) is 0 Å². The van der Waals surface area contributed by atoms with Crippen LogP contribution in [0, 0.1) is 11.3 Å². The lowest BCUT2D eigenvalue weighted by molar-refractivity contribution is -0.131. The summed E-state index contributed by atoms with van der Waals surface area (Å²) >= 11 is 0. The zero-order valence-electron chi connectivity index (χ0n) is 14.9. The van der Waals surface area contributed by atoms with Crippen LogP contribution in [0.4, 0.5) is 10.5 Å². The van der Waals surface area contributed by atoms with Crippen molar-refractivity contribution in [3.8, 4) is 11.8 Å². The molecule has 0 radical (unpaired) electrons. The predicted octanol–water partition coefficient (Wildman–Crippen LogP) is 3.21. The first-order valence-electron chi connectivity index (χ1n) is 8.13. The lowest BCUT2D eigenvalue weighted by atomic mass is 10.0. The van der Waals surface area contributed by atoms with Crippen LogP contribution in [0.3, 0.4) is 0 Å². The summed E-state index contributed by atoms with van der Waals surface area (Å²) in [4.78, 5) is 23.2. The van der Waals surface area contributed by atoms with Gasteiger partial charge in [0.1, 0.15) is 11.9 Å². The number of hydrogen-bond donors (Lipinski definition) is 3. The second-order valence-electron chi connectivity index (χ2n) is 5.63. The van der Waals surface area contributed by atoms with Crippen LogP contribution in [0.25, 0.3) is 0 Å². The fourth-order valence-corrected chi connectivity index (χ4v) is 2.36. The van der Waals surface area contributed by atoms with E-state index in [2.05, 4.69) is 5.32 Å². The highest BCUT2D eigenvalue weighted by atomic mass is 16.6. The molecule has 2 atom stereocenters. The Hall–Kier alpha value is -3.83. The highest BCUT2D eigenvalue weighted by Gasteiger charge is 2.26. The molecular weight excluding hydrogens is 364 g/mol. The number of carboxylic acid groups (broad SMARTS) is 1. The molecular formula is C20H18N2O6. The van der Waals surface area contributed by atoms with Gasteiger partial charge in [0, 0.05) is 18.9 Å². The molecule has 8 heteroatoms. The Kier molecular flexibility index (Phi) is 7.13. The lowest BCUT2D eigenvalue weighted by Crippen LogP contribution is -2.27. The van der Waals surface area contributed by atoms with E-state index >= 15 is 0 Å². The summed E-state index contributed by atoms with van der Waals surface area (Å²) < 4.78 is 10.7. The molecule has 0 bridgehead atoms. The zero-order valence-corrected chi connectivity index (χ0v) is 14.9. The smallest absolute Gasteiger partial charge is 0.412 e. The Balaban J connectivity index is 2.22. The van der Waals surface area contributed by atoms with Crippen LogP contribution in [0.5, 0.6) is 5.75 Å². The largest absolute Gasteiger partial charge is 0.508 e. The van der Waals surface area contributed by atoms with Crippen LogP contribution in [-0.4, -0.2) is 35.5 Å². The van der Waals surface area contributed by atoms with Gasteiger partial charge >= 0.3 is 12.1 Å². The van der Waals surface area contributed by atoms with Gasteiger partial charge in [-0.25, -0.2) is 9.59 Å². The number of anilines is 1. The molecule has 0 aliphatic rings. The van der Waals surface area contributed by atoms with E-state index in [1.54, 1.807) is 24.3 Å². The van der Waals surface area contributed by atoms with E-state index in [9.17, 15) is 14.7 Å². The number of benzene rings is 2. The number of aromatic hydroxyl groups is 1. The zero-order chi connectivity index (χ0) is 20.5. The molecule has 2 aromatic rings. The van der Waals surface area contributed by atoms with E-state index in [4.69, 9.17) is 19.8 Å². The Morgan fingerprint density at radius 1 is 1.14 bits per heavy atom. The minimum Gasteiger partial charge on any atom is -0.508 e. The first kappa shape index (κ1) is 20.5. The number of carboxylic acids is 1. The molecule has 28 heavy (non-hydrogen) atoms. The van der Waals surface area contributed by atoms with Crippen molar-refractivity contribution in [1.29, 1.82) is 5.26 Å². The van der Waals surface area contributed by atoms with Gasteiger partial charge < -0.3 is 19.7 Å². The number of rotatable bonds is 7. The summed E-state index contributed by atoms with van der Waals surface area (Å²) in [5.41, 5.74) is 1.36. The number of phenols is 1. The number of hydrogen-bond acceptors (Lipinski definition) is 6. The fourth-order valence-electron chi connectivity index (χ4n) is 2.36. The first-order valence-corrected chi connectivity index (χ1v) is 8.13. The average Bonchev–Trinajstić information content (AvgIpc) is 2.68. The van der Waals surface area contributed by atoms with Gasteiger partial charge in [0.05, 0.1) is 11.6 Å². The maximum Gasteiger partial charge on any atom is 0.412 e. The molecule has 8 nitrogen and oxygen atoms in total. The number of methoxy groups -OCH3 is 1. The number of nitriles is 1. The lowest BCUT2D eigenvalue weighted by Gasteiger charge is -2.24. The maximum absolute atomic E-state index is 12.3. The molecule has 3 N–H and O–H groups in total. The molecule has 0 saturated heterocycles. The number of aliphatic carboxylic acids is 1. The molecule has 1 amide bonds. The molecule has 0 spiro atoms. The number of phenolic OH excluding ortho intramolecular Hbond substituents is 1. The third kappa shape index (κ3) is 5.86. The molecule has 2 aromatic carbocycles. The van der Waals surface area contributed by atoms with Crippen LogP contribution in [0.1, 0.15) is 17.2 Å². The maximum atomic E-state index is 12.3. The van der Waals surface area contributed by atoms with Gasteiger partial charge in [-0.2, -0.15) is 5.26 Å². The van der Waals surface area contributed by atoms with Gasteiger partial charge in [-0.15, -0.1) is 0 Å². The van der Waals surface area contributed by atoms with Crippen molar-refractivity contribution in [1.82, 2.24) is 0 Å². The highest BCUT2D eigenvalue weighted by molar-refractivity contribution is 5.85. The Labute approximate surface area is 161 Å². The quantitative estimate of drug-likeness (QED) is 0.627. The predicted molar refractivity (Wildman–Crippen MR) is 99.7 cm³/mol. The van der Waals surface area contributed by atoms with Crippen LogP contribution in [0.15, 0.2) is 60.7 Å². The van der Waals surface area contributed by atoms with Crippen LogP contribution >= 0.6 is 0 Å². The van der Waals surface area contributed by atoms with Crippen LogP contribution in [-0.2, 0) is 14.3 Å². The third-order valence-electron chi connectivity index (χ3n) is 3.72. The number of carbonyl (C=O) groups is 2. The van der Waals surface area contributed by atoms with Crippen molar-refractivity contribution < 1.29 is 29.3 Å². The van der Waals surface area contributed by atoms with E-state index < -0.39 is 24.3 Å². The monoisotopic (exact) mass is 382 g/mol.